The standard InChI is InChI=1S/C20H34N4O/c1-4-23-13-10-21-18(23)14-22-11-5-8-20(15-22)9-6-19(25)24(16-20)12-7-17(2)3/h10,13,17H,4-9,11-12,14-16H2,1-3H3/t20-/m0/s1. The lowest BCUT2D eigenvalue weighted by atomic mass is 9.73. The van der Waals surface area contributed by atoms with Crippen LogP contribution in [0.2, 0.25) is 0 Å². The number of amides is 1. The number of aromatic nitrogens is 2. The lowest BCUT2D eigenvalue weighted by Gasteiger charge is -2.48. The van der Waals surface area contributed by atoms with Crippen molar-refractivity contribution >= 4 is 5.91 Å². The lowest BCUT2D eigenvalue weighted by molar-refractivity contribution is -0.139. The van der Waals surface area contributed by atoms with Gasteiger partial charge in [0.2, 0.25) is 5.91 Å². The summed E-state index contributed by atoms with van der Waals surface area (Å²) >= 11 is 0. The molecule has 1 aromatic rings. The number of hydrogen-bond acceptors (Lipinski definition) is 3. The average Bonchev–Trinajstić information content (AvgIpc) is 3.03. The van der Waals surface area contributed by atoms with Gasteiger partial charge in [0, 0.05) is 50.4 Å². The van der Waals surface area contributed by atoms with Crippen LogP contribution in [0.15, 0.2) is 12.4 Å². The topological polar surface area (TPSA) is 41.4 Å². The Balaban J connectivity index is 1.63. The molecule has 3 heterocycles. The van der Waals surface area contributed by atoms with E-state index in [1.807, 2.05) is 6.20 Å². The number of hydrogen-bond donors (Lipinski definition) is 0. The molecule has 0 saturated carbocycles. The van der Waals surface area contributed by atoms with Crippen LogP contribution in [0.4, 0.5) is 0 Å². The first kappa shape index (κ1) is 18.4. The highest BCUT2D eigenvalue weighted by atomic mass is 16.2. The quantitative estimate of drug-likeness (QED) is 0.794. The molecule has 5 nitrogen and oxygen atoms in total. The molecule has 0 unspecified atom stereocenters. The summed E-state index contributed by atoms with van der Waals surface area (Å²) in [4.78, 5) is 21.6. The van der Waals surface area contributed by atoms with E-state index in [9.17, 15) is 4.79 Å². The Hall–Kier alpha value is -1.36. The maximum absolute atomic E-state index is 12.4. The molecule has 3 rings (SSSR count). The molecule has 1 spiro atoms. The van der Waals surface area contributed by atoms with Crippen molar-refractivity contribution in [1.29, 1.82) is 0 Å². The summed E-state index contributed by atoms with van der Waals surface area (Å²) in [6, 6.07) is 0. The second kappa shape index (κ2) is 7.90. The van der Waals surface area contributed by atoms with Gasteiger partial charge in [-0.3, -0.25) is 9.69 Å². The van der Waals surface area contributed by atoms with Crippen molar-refractivity contribution in [2.24, 2.45) is 11.3 Å². The average molecular weight is 347 g/mol. The number of aryl methyl sites for hydroxylation is 1. The van der Waals surface area contributed by atoms with Crippen molar-refractivity contribution in [3.05, 3.63) is 18.2 Å². The van der Waals surface area contributed by atoms with Crippen LogP contribution in [-0.2, 0) is 17.9 Å². The highest BCUT2D eigenvalue weighted by molar-refractivity contribution is 5.77. The number of imidazole rings is 1. The minimum Gasteiger partial charge on any atom is -0.342 e. The molecule has 25 heavy (non-hydrogen) atoms. The van der Waals surface area contributed by atoms with Crippen LogP contribution in [-0.4, -0.2) is 51.4 Å². The van der Waals surface area contributed by atoms with Crippen molar-refractivity contribution in [2.75, 3.05) is 26.2 Å². The third-order valence-corrected chi connectivity index (χ3v) is 5.97. The Morgan fingerprint density at radius 3 is 2.88 bits per heavy atom. The molecule has 1 amide bonds. The van der Waals surface area contributed by atoms with Gasteiger partial charge in [-0.2, -0.15) is 0 Å². The fourth-order valence-electron chi connectivity index (χ4n) is 4.48. The van der Waals surface area contributed by atoms with Gasteiger partial charge in [0.25, 0.3) is 0 Å². The van der Waals surface area contributed by atoms with E-state index in [2.05, 4.69) is 46.3 Å². The Bertz CT molecular complexity index is 582. The summed E-state index contributed by atoms with van der Waals surface area (Å²) < 4.78 is 2.24. The molecule has 2 aliphatic heterocycles. The van der Waals surface area contributed by atoms with Crippen LogP contribution in [0.3, 0.4) is 0 Å². The normalized spacial score (nSPS) is 25.3. The molecule has 140 valence electrons. The molecule has 1 atom stereocenters. The Morgan fingerprint density at radius 1 is 1.28 bits per heavy atom. The van der Waals surface area contributed by atoms with E-state index in [0.717, 1.165) is 58.5 Å². The SMILES string of the molecule is CCn1ccnc1CN1CCC[C@]2(CCC(=O)N(CCC(C)C)C2)C1. The van der Waals surface area contributed by atoms with Gasteiger partial charge in [-0.25, -0.2) is 4.98 Å². The molecule has 1 aromatic heterocycles. The Labute approximate surface area is 152 Å². The molecular formula is C20H34N4O. The zero-order chi connectivity index (χ0) is 17.9. The molecule has 0 bridgehead atoms. The lowest BCUT2D eigenvalue weighted by Crippen LogP contribution is -2.54. The molecule has 2 aliphatic rings. The Kier molecular flexibility index (Phi) is 5.82. The van der Waals surface area contributed by atoms with Crippen molar-refractivity contribution in [1.82, 2.24) is 19.4 Å². The predicted molar refractivity (Wildman–Crippen MR) is 100 cm³/mol. The molecule has 0 N–H and O–H groups in total. The van der Waals surface area contributed by atoms with Gasteiger partial charge in [-0.15, -0.1) is 0 Å². The summed E-state index contributed by atoms with van der Waals surface area (Å²) in [5.41, 5.74) is 0.298. The molecule has 0 aromatic carbocycles. The fraction of sp³-hybridized carbons (Fsp3) is 0.800. The second-order valence-electron chi connectivity index (χ2n) is 8.44. The monoisotopic (exact) mass is 346 g/mol. The largest absolute Gasteiger partial charge is 0.342 e. The van der Waals surface area contributed by atoms with Crippen LogP contribution >= 0.6 is 0 Å². The summed E-state index contributed by atoms with van der Waals surface area (Å²) in [5, 5.41) is 0. The summed E-state index contributed by atoms with van der Waals surface area (Å²) in [6.45, 7) is 12.7. The van der Waals surface area contributed by atoms with Crippen molar-refractivity contribution < 1.29 is 4.79 Å². The van der Waals surface area contributed by atoms with Crippen molar-refractivity contribution in [3.63, 3.8) is 0 Å². The van der Waals surface area contributed by atoms with Gasteiger partial charge in [-0.05, 0) is 45.1 Å². The third kappa shape index (κ3) is 4.43. The van der Waals surface area contributed by atoms with E-state index in [-0.39, 0.29) is 0 Å². The number of carbonyl (C=O) groups excluding carboxylic acids is 1. The van der Waals surface area contributed by atoms with Gasteiger partial charge < -0.3 is 9.47 Å². The van der Waals surface area contributed by atoms with Gasteiger partial charge in [-0.1, -0.05) is 13.8 Å². The van der Waals surface area contributed by atoms with E-state index < -0.39 is 0 Å². The maximum Gasteiger partial charge on any atom is 0.222 e. The predicted octanol–water partition coefficient (Wildman–Crippen LogP) is 3.15. The molecular weight excluding hydrogens is 312 g/mol. The summed E-state index contributed by atoms with van der Waals surface area (Å²) in [6.07, 6.45) is 9.38. The zero-order valence-corrected chi connectivity index (χ0v) is 16.2. The minimum atomic E-state index is 0.298. The molecule has 0 radical (unpaired) electrons. The third-order valence-electron chi connectivity index (χ3n) is 5.97. The van der Waals surface area contributed by atoms with E-state index in [0.29, 0.717) is 17.2 Å². The van der Waals surface area contributed by atoms with Crippen LogP contribution in [0.5, 0.6) is 0 Å². The van der Waals surface area contributed by atoms with Gasteiger partial charge in [0.05, 0.1) is 6.54 Å². The van der Waals surface area contributed by atoms with Crippen LogP contribution in [0.1, 0.15) is 58.7 Å². The zero-order valence-electron chi connectivity index (χ0n) is 16.2. The summed E-state index contributed by atoms with van der Waals surface area (Å²) in [5.74, 6) is 2.19. The first-order chi connectivity index (χ1) is 12.0. The second-order valence-corrected chi connectivity index (χ2v) is 8.44. The van der Waals surface area contributed by atoms with E-state index in [4.69, 9.17) is 0 Å². The maximum atomic E-state index is 12.4. The van der Waals surface area contributed by atoms with Crippen LogP contribution < -0.4 is 0 Å². The van der Waals surface area contributed by atoms with Crippen LogP contribution in [0, 0.1) is 11.3 Å². The number of nitrogens with zero attached hydrogens (tertiary/aromatic N) is 4. The van der Waals surface area contributed by atoms with E-state index in [1.54, 1.807) is 0 Å². The smallest absolute Gasteiger partial charge is 0.222 e. The van der Waals surface area contributed by atoms with Crippen molar-refractivity contribution in [3.8, 4) is 0 Å². The Morgan fingerprint density at radius 2 is 2.12 bits per heavy atom. The first-order valence-corrected chi connectivity index (χ1v) is 10.0. The summed E-state index contributed by atoms with van der Waals surface area (Å²) in [7, 11) is 0. The highest BCUT2D eigenvalue weighted by Crippen LogP contribution is 2.39. The number of piperidine rings is 2. The van der Waals surface area contributed by atoms with Crippen molar-refractivity contribution in [2.45, 2.75) is 66.0 Å². The minimum absolute atomic E-state index is 0.298. The fourth-order valence-corrected chi connectivity index (χ4v) is 4.48. The van der Waals surface area contributed by atoms with Crippen LogP contribution in [0.25, 0.3) is 0 Å². The van der Waals surface area contributed by atoms with Gasteiger partial charge >= 0.3 is 0 Å². The van der Waals surface area contributed by atoms with E-state index >= 15 is 0 Å². The molecule has 0 aliphatic carbocycles. The van der Waals surface area contributed by atoms with Gasteiger partial charge in [0.15, 0.2) is 0 Å². The molecule has 2 saturated heterocycles. The molecule has 2 fully saturated rings. The first-order valence-electron chi connectivity index (χ1n) is 10.0. The number of likely N-dealkylation sites (tertiary alicyclic amines) is 2. The van der Waals surface area contributed by atoms with Gasteiger partial charge in [0.1, 0.15) is 5.82 Å². The number of carbonyl (C=O) groups is 1. The van der Waals surface area contributed by atoms with E-state index in [1.165, 1.54) is 18.7 Å². The molecule has 5 heteroatoms. The number of rotatable bonds is 6. The highest BCUT2D eigenvalue weighted by Gasteiger charge is 2.41.